The lowest BCUT2D eigenvalue weighted by molar-refractivity contribution is -0.137. The van der Waals surface area contributed by atoms with Crippen molar-refractivity contribution in [2.45, 2.75) is 25.4 Å². The minimum absolute atomic E-state index is 0.0492. The number of carbonyl (C=O) groups is 1. The molecule has 1 fully saturated rings. The highest BCUT2D eigenvalue weighted by molar-refractivity contribution is 5.94. The minimum atomic E-state index is -4.58. The molecular formula is C13H17F3N4O. The highest BCUT2D eigenvalue weighted by Gasteiger charge is 2.34. The third-order valence-electron chi connectivity index (χ3n) is 3.36. The number of alkyl halides is 3. The van der Waals surface area contributed by atoms with Crippen molar-refractivity contribution in [3.05, 3.63) is 29.3 Å². The maximum absolute atomic E-state index is 12.9. The maximum atomic E-state index is 12.9. The van der Waals surface area contributed by atoms with Crippen molar-refractivity contribution in [1.82, 2.24) is 10.4 Å². The van der Waals surface area contributed by atoms with Crippen molar-refractivity contribution in [3.63, 3.8) is 0 Å². The van der Waals surface area contributed by atoms with Gasteiger partial charge in [-0.1, -0.05) is 6.42 Å². The van der Waals surface area contributed by atoms with E-state index < -0.39 is 17.6 Å². The first-order valence-corrected chi connectivity index (χ1v) is 6.65. The Hall–Kier alpha value is -1.80. The van der Waals surface area contributed by atoms with Crippen molar-refractivity contribution in [3.8, 4) is 0 Å². The van der Waals surface area contributed by atoms with E-state index in [1.807, 2.05) is 5.43 Å². The van der Waals surface area contributed by atoms with E-state index in [-0.39, 0.29) is 11.3 Å². The highest BCUT2D eigenvalue weighted by atomic mass is 19.4. The van der Waals surface area contributed by atoms with E-state index in [1.54, 1.807) is 5.01 Å². The molecule has 21 heavy (non-hydrogen) atoms. The predicted octanol–water partition coefficient (Wildman–Crippen LogP) is 2.12. The number of hydrogen-bond donors (Lipinski definition) is 3. The van der Waals surface area contributed by atoms with Crippen LogP contribution in [0.5, 0.6) is 0 Å². The summed E-state index contributed by atoms with van der Waals surface area (Å²) in [5, 5.41) is 1.73. The number of amides is 1. The molecular weight excluding hydrogens is 285 g/mol. The Kier molecular flexibility index (Phi) is 4.69. The summed E-state index contributed by atoms with van der Waals surface area (Å²) in [7, 11) is 0. The summed E-state index contributed by atoms with van der Waals surface area (Å²) in [6.45, 7) is 1.42. The summed E-state index contributed by atoms with van der Waals surface area (Å²) in [5.41, 5.74) is 3.34. The first-order valence-electron chi connectivity index (χ1n) is 6.65. The molecule has 1 amide bonds. The van der Waals surface area contributed by atoms with Gasteiger partial charge < -0.3 is 5.43 Å². The fourth-order valence-corrected chi connectivity index (χ4v) is 2.26. The van der Waals surface area contributed by atoms with Gasteiger partial charge in [0.25, 0.3) is 5.91 Å². The molecule has 0 atom stereocenters. The van der Waals surface area contributed by atoms with Gasteiger partial charge in [-0.25, -0.2) is 5.01 Å². The molecule has 8 heteroatoms. The molecule has 1 aromatic rings. The van der Waals surface area contributed by atoms with Gasteiger partial charge in [0.05, 0.1) is 11.3 Å². The molecule has 116 valence electrons. The third kappa shape index (κ3) is 3.85. The normalized spacial score (nSPS) is 16.6. The highest BCUT2D eigenvalue weighted by Crippen LogP contribution is 2.35. The van der Waals surface area contributed by atoms with Gasteiger partial charge in [-0.05, 0) is 31.0 Å². The van der Waals surface area contributed by atoms with Gasteiger partial charge in [0.1, 0.15) is 0 Å². The molecule has 2 rings (SSSR count). The number of nitrogens with one attached hydrogen (secondary N) is 2. The summed E-state index contributed by atoms with van der Waals surface area (Å²) in [5.74, 6) is 4.51. The Morgan fingerprint density at radius 2 is 1.86 bits per heavy atom. The van der Waals surface area contributed by atoms with Crippen LogP contribution in [0.4, 0.5) is 18.9 Å². The second kappa shape index (κ2) is 6.31. The molecule has 0 unspecified atom stereocenters. The Balaban J connectivity index is 2.17. The fourth-order valence-electron chi connectivity index (χ4n) is 2.26. The molecule has 0 aromatic heterocycles. The lowest BCUT2D eigenvalue weighted by Gasteiger charge is -2.27. The van der Waals surface area contributed by atoms with E-state index in [9.17, 15) is 18.0 Å². The van der Waals surface area contributed by atoms with Gasteiger partial charge in [0.2, 0.25) is 0 Å². The number of hydrogen-bond acceptors (Lipinski definition) is 4. The zero-order chi connectivity index (χ0) is 15.5. The van der Waals surface area contributed by atoms with Gasteiger partial charge in [0, 0.05) is 18.7 Å². The second-order valence-corrected chi connectivity index (χ2v) is 4.89. The van der Waals surface area contributed by atoms with E-state index in [4.69, 9.17) is 5.84 Å². The Morgan fingerprint density at radius 3 is 2.43 bits per heavy atom. The van der Waals surface area contributed by atoms with Crippen LogP contribution in [0.15, 0.2) is 18.2 Å². The molecule has 0 bridgehead atoms. The summed E-state index contributed by atoms with van der Waals surface area (Å²) >= 11 is 0. The second-order valence-electron chi connectivity index (χ2n) is 4.89. The average Bonchev–Trinajstić information content (AvgIpc) is 2.46. The van der Waals surface area contributed by atoms with Crippen molar-refractivity contribution in [2.24, 2.45) is 5.84 Å². The molecule has 0 aliphatic carbocycles. The molecule has 4 N–H and O–H groups in total. The van der Waals surface area contributed by atoms with Crippen molar-refractivity contribution >= 4 is 11.6 Å². The van der Waals surface area contributed by atoms with Crippen LogP contribution in [-0.2, 0) is 6.18 Å². The third-order valence-corrected chi connectivity index (χ3v) is 3.36. The monoisotopic (exact) mass is 302 g/mol. The van der Waals surface area contributed by atoms with Crippen molar-refractivity contribution < 1.29 is 18.0 Å². The predicted molar refractivity (Wildman–Crippen MR) is 72.1 cm³/mol. The number of benzene rings is 1. The van der Waals surface area contributed by atoms with E-state index >= 15 is 0 Å². The number of piperidine rings is 1. The Morgan fingerprint density at radius 1 is 1.19 bits per heavy atom. The summed E-state index contributed by atoms with van der Waals surface area (Å²) in [4.78, 5) is 12.0. The fraction of sp³-hybridized carbons (Fsp3) is 0.462. The molecule has 1 aromatic carbocycles. The van der Waals surface area contributed by atoms with Gasteiger partial charge >= 0.3 is 6.18 Å². The van der Waals surface area contributed by atoms with Crippen LogP contribution in [0.25, 0.3) is 0 Å². The van der Waals surface area contributed by atoms with Crippen LogP contribution in [0.1, 0.15) is 35.2 Å². The average molecular weight is 302 g/mol. The van der Waals surface area contributed by atoms with Gasteiger partial charge in [-0.2, -0.15) is 13.2 Å². The van der Waals surface area contributed by atoms with E-state index in [1.165, 1.54) is 6.07 Å². The van der Waals surface area contributed by atoms with E-state index in [0.29, 0.717) is 13.1 Å². The standard InChI is InChI=1S/C13H17F3N4O/c14-13(15,16)10-8-9(4-5-11(10)18-17)12(21)19-20-6-2-1-3-7-20/h4-5,8,18H,1-3,6-7,17H2,(H,19,21). The SMILES string of the molecule is NNc1ccc(C(=O)NN2CCCCC2)cc1C(F)(F)F. The van der Waals surface area contributed by atoms with Crippen molar-refractivity contribution in [2.75, 3.05) is 18.5 Å². The minimum Gasteiger partial charge on any atom is -0.324 e. The van der Waals surface area contributed by atoms with E-state index in [2.05, 4.69) is 5.43 Å². The lowest BCUT2D eigenvalue weighted by atomic mass is 10.1. The van der Waals surface area contributed by atoms with Crippen LogP contribution in [0, 0.1) is 0 Å². The number of halogens is 3. The summed E-state index contributed by atoms with van der Waals surface area (Å²) in [6, 6.07) is 3.26. The first-order chi connectivity index (χ1) is 9.91. The van der Waals surface area contributed by atoms with Crippen LogP contribution in [0.2, 0.25) is 0 Å². The molecule has 5 nitrogen and oxygen atoms in total. The molecule has 0 saturated carbocycles. The Labute approximate surface area is 120 Å². The zero-order valence-corrected chi connectivity index (χ0v) is 11.3. The molecule has 0 spiro atoms. The van der Waals surface area contributed by atoms with Gasteiger partial charge in [0.15, 0.2) is 0 Å². The summed E-state index contributed by atoms with van der Waals surface area (Å²) in [6.07, 6.45) is -1.56. The quantitative estimate of drug-likeness (QED) is 0.591. The smallest absolute Gasteiger partial charge is 0.324 e. The van der Waals surface area contributed by atoms with Crippen molar-refractivity contribution in [1.29, 1.82) is 0 Å². The molecule has 1 saturated heterocycles. The number of nitrogens with zero attached hydrogens (tertiary/aromatic N) is 1. The van der Waals surface area contributed by atoms with Gasteiger partial charge in [-0.15, -0.1) is 0 Å². The zero-order valence-electron chi connectivity index (χ0n) is 11.3. The number of carbonyl (C=O) groups excluding carboxylic acids is 1. The molecule has 0 radical (unpaired) electrons. The van der Waals surface area contributed by atoms with Crippen LogP contribution >= 0.6 is 0 Å². The number of rotatable bonds is 3. The lowest BCUT2D eigenvalue weighted by Crippen LogP contribution is -2.45. The topological polar surface area (TPSA) is 70.4 Å². The molecule has 1 heterocycles. The Bertz CT molecular complexity index is 513. The number of hydrazine groups is 2. The number of anilines is 1. The van der Waals surface area contributed by atoms with E-state index in [0.717, 1.165) is 31.4 Å². The van der Waals surface area contributed by atoms with Crippen LogP contribution < -0.4 is 16.7 Å². The largest absolute Gasteiger partial charge is 0.418 e. The van der Waals surface area contributed by atoms with Gasteiger partial charge in [-0.3, -0.25) is 16.1 Å². The van der Waals surface area contributed by atoms with Crippen LogP contribution in [0.3, 0.4) is 0 Å². The maximum Gasteiger partial charge on any atom is 0.418 e. The number of nitrogen functional groups attached to an aromatic ring is 1. The molecule has 1 aliphatic rings. The summed E-state index contributed by atoms with van der Waals surface area (Å²) < 4.78 is 38.7. The molecule has 1 aliphatic heterocycles. The number of nitrogens with two attached hydrogens (primary N) is 1. The van der Waals surface area contributed by atoms with Crippen LogP contribution in [-0.4, -0.2) is 24.0 Å². The first kappa shape index (κ1) is 15.6.